The van der Waals surface area contributed by atoms with Gasteiger partial charge in [-0.2, -0.15) is 0 Å². The molecule has 1 atom stereocenters. The van der Waals surface area contributed by atoms with E-state index in [1.807, 2.05) is 0 Å². The molecule has 1 rings (SSSR count). The molecule has 1 aromatic carbocycles. The molecule has 0 saturated carbocycles. The number of carbonyl (C=O) groups is 2. The maximum Gasteiger partial charge on any atom is 0.337 e. The fourth-order valence-electron chi connectivity index (χ4n) is 3.49. The van der Waals surface area contributed by atoms with Crippen LogP contribution in [-0.2, 0) is 9.53 Å². The van der Waals surface area contributed by atoms with Gasteiger partial charge < -0.3 is 20.7 Å². The van der Waals surface area contributed by atoms with Crippen molar-refractivity contribution in [2.75, 3.05) is 12.4 Å². The third-order valence-corrected chi connectivity index (χ3v) is 6.35. The lowest BCUT2D eigenvalue weighted by Gasteiger charge is -2.27. The summed E-state index contributed by atoms with van der Waals surface area (Å²) < 4.78 is 2.86. The quantitative estimate of drug-likeness (QED) is 0.0642. The molecule has 198 valence electrons. The van der Waals surface area contributed by atoms with E-state index in [9.17, 15) is 9.59 Å². The summed E-state index contributed by atoms with van der Waals surface area (Å²) >= 11 is 23.4. The van der Waals surface area contributed by atoms with Gasteiger partial charge in [-0.3, -0.25) is 4.79 Å². The van der Waals surface area contributed by atoms with Gasteiger partial charge in [-0.15, -0.1) is 0 Å². The van der Waals surface area contributed by atoms with E-state index in [1.165, 1.54) is 58.5 Å². The highest BCUT2D eigenvalue weighted by Gasteiger charge is 2.34. The molecule has 10 heteroatoms. The van der Waals surface area contributed by atoms with Crippen LogP contribution in [0.2, 0.25) is 0 Å². The monoisotopic (exact) mass is 565 g/mol. The van der Waals surface area contributed by atoms with Gasteiger partial charge in [-0.1, -0.05) is 106 Å². The number of thiocarbonyl (C=S) groups is 1. The molecule has 0 aliphatic rings. The number of esters is 1. The van der Waals surface area contributed by atoms with Gasteiger partial charge in [0.05, 0.1) is 12.7 Å². The normalized spacial score (nSPS) is 12.0. The Morgan fingerprint density at radius 1 is 0.886 bits per heavy atom. The van der Waals surface area contributed by atoms with Gasteiger partial charge >= 0.3 is 5.97 Å². The van der Waals surface area contributed by atoms with Crippen molar-refractivity contribution in [1.82, 2.24) is 10.6 Å². The van der Waals surface area contributed by atoms with Crippen molar-refractivity contribution in [3.8, 4) is 0 Å². The van der Waals surface area contributed by atoms with Crippen LogP contribution in [0.15, 0.2) is 24.3 Å². The van der Waals surface area contributed by atoms with Gasteiger partial charge in [0.25, 0.3) is 0 Å². The highest BCUT2D eigenvalue weighted by molar-refractivity contribution is 7.80. The van der Waals surface area contributed by atoms with Crippen molar-refractivity contribution < 1.29 is 14.3 Å². The predicted molar refractivity (Wildman–Crippen MR) is 150 cm³/mol. The molecule has 0 unspecified atom stereocenters. The van der Waals surface area contributed by atoms with E-state index < -0.39 is 15.9 Å². The number of hydrogen-bond acceptors (Lipinski definition) is 4. The first-order valence-corrected chi connectivity index (χ1v) is 13.8. The second-order valence-corrected chi connectivity index (χ2v) is 11.3. The van der Waals surface area contributed by atoms with Crippen molar-refractivity contribution in [2.24, 2.45) is 0 Å². The molecule has 0 bridgehead atoms. The molecule has 35 heavy (non-hydrogen) atoms. The highest BCUT2D eigenvalue weighted by Crippen LogP contribution is 2.29. The van der Waals surface area contributed by atoms with Gasteiger partial charge in [0.15, 0.2) is 5.11 Å². The second-order valence-electron chi connectivity index (χ2n) is 8.50. The van der Waals surface area contributed by atoms with Gasteiger partial charge in [-0.25, -0.2) is 4.79 Å². The maximum absolute atomic E-state index is 12.4. The van der Waals surface area contributed by atoms with Crippen LogP contribution in [-0.4, -0.2) is 34.1 Å². The standard InChI is InChI=1S/C25H38Cl3N3O3S/c1-3-4-5-6-7-8-9-10-11-12-13-14-21(32)30-23(25(26,27)28)31-24(35)29-20-17-15-19(16-18-20)22(33)34-2/h15-18,23H,3-14H2,1-2H3,(H,30,32)(H2,29,31,35)/t23-/m1/s1. The zero-order valence-corrected chi connectivity index (χ0v) is 23.7. The molecule has 0 radical (unpaired) electrons. The van der Waals surface area contributed by atoms with E-state index in [0.29, 0.717) is 17.7 Å². The number of amides is 1. The van der Waals surface area contributed by atoms with Gasteiger partial charge in [0.1, 0.15) is 6.17 Å². The Bertz CT molecular complexity index is 773. The molecule has 1 aromatic rings. The van der Waals surface area contributed by atoms with E-state index in [4.69, 9.17) is 47.0 Å². The van der Waals surface area contributed by atoms with E-state index >= 15 is 0 Å². The summed E-state index contributed by atoms with van der Waals surface area (Å²) in [5.41, 5.74) is 1.02. The molecule has 6 nitrogen and oxygen atoms in total. The van der Waals surface area contributed by atoms with Gasteiger partial charge in [0, 0.05) is 12.1 Å². The number of carbonyl (C=O) groups excluding carboxylic acids is 2. The zero-order chi connectivity index (χ0) is 26.1. The van der Waals surface area contributed by atoms with Crippen LogP contribution in [0.25, 0.3) is 0 Å². The largest absolute Gasteiger partial charge is 0.465 e. The highest BCUT2D eigenvalue weighted by atomic mass is 35.6. The van der Waals surface area contributed by atoms with Crippen LogP contribution in [0.1, 0.15) is 94.3 Å². The number of benzene rings is 1. The zero-order valence-electron chi connectivity index (χ0n) is 20.6. The summed E-state index contributed by atoms with van der Waals surface area (Å²) in [7, 11) is 1.32. The molecule has 3 N–H and O–H groups in total. The first-order chi connectivity index (χ1) is 16.7. The van der Waals surface area contributed by atoms with Crippen molar-refractivity contribution in [3.05, 3.63) is 29.8 Å². The van der Waals surface area contributed by atoms with Crippen molar-refractivity contribution in [2.45, 2.75) is 93.9 Å². The lowest BCUT2D eigenvalue weighted by Crippen LogP contribution is -2.56. The third-order valence-electron chi connectivity index (χ3n) is 5.48. The first-order valence-electron chi connectivity index (χ1n) is 12.3. The minimum atomic E-state index is -1.81. The Labute approximate surface area is 230 Å². The average molecular weight is 567 g/mol. The number of hydrogen-bond donors (Lipinski definition) is 3. The molecule has 0 heterocycles. The van der Waals surface area contributed by atoms with Crippen molar-refractivity contribution >= 4 is 69.7 Å². The lowest BCUT2D eigenvalue weighted by molar-refractivity contribution is -0.122. The number of rotatable bonds is 16. The number of nitrogens with one attached hydrogen (secondary N) is 3. The Balaban J connectivity index is 2.33. The van der Waals surface area contributed by atoms with Crippen LogP contribution in [0.4, 0.5) is 5.69 Å². The summed E-state index contributed by atoms with van der Waals surface area (Å²) in [6.07, 6.45) is 12.6. The van der Waals surface area contributed by atoms with Gasteiger partial charge in [-0.05, 0) is 42.9 Å². The SMILES string of the molecule is CCCCCCCCCCCCCC(=O)N[C@H](NC(=S)Nc1ccc(C(=O)OC)cc1)C(Cl)(Cl)Cl. The Morgan fingerprint density at radius 2 is 1.40 bits per heavy atom. The number of unbranched alkanes of at least 4 members (excludes halogenated alkanes) is 10. The molecule has 0 aliphatic carbocycles. The van der Waals surface area contributed by atoms with Crippen LogP contribution in [0.3, 0.4) is 0 Å². The minimum absolute atomic E-state index is 0.155. The molecule has 0 aromatic heterocycles. The Kier molecular flexibility index (Phi) is 16.4. The van der Waals surface area contributed by atoms with E-state index in [2.05, 4.69) is 27.6 Å². The summed E-state index contributed by atoms with van der Waals surface area (Å²) in [4.78, 5) is 23.9. The topological polar surface area (TPSA) is 79.5 Å². The number of halogens is 3. The number of alkyl halides is 3. The molecule has 0 aliphatic heterocycles. The van der Waals surface area contributed by atoms with Crippen molar-refractivity contribution in [3.63, 3.8) is 0 Å². The number of methoxy groups -OCH3 is 1. The third kappa shape index (κ3) is 14.8. The smallest absolute Gasteiger partial charge is 0.337 e. The summed E-state index contributed by atoms with van der Waals surface area (Å²) in [5, 5.41) is 8.62. The first kappa shape index (κ1) is 31.7. The molecular weight excluding hydrogens is 529 g/mol. The minimum Gasteiger partial charge on any atom is -0.465 e. The van der Waals surface area contributed by atoms with Crippen LogP contribution >= 0.6 is 47.0 Å². The molecule has 0 saturated heterocycles. The van der Waals surface area contributed by atoms with E-state index in [1.54, 1.807) is 24.3 Å². The van der Waals surface area contributed by atoms with E-state index in [0.717, 1.165) is 19.3 Å². The summed E-state index contributed by atoms with van der Waals surface area (Å²) in [6.45, 7) is 2.23. The van der Waals surface area contributed by atoms with E-state index in [-0.39, 0.29) is 11.0 Å². The van der Waals surface area contributed by atoms with Gasteiger partial charge in [0.2, 0.25) is 9.70 Å². The number of anilines is 1. The van der Waals surface area contributed by atoms with Crippen LogP contribution < -0.4 is 16.0 Å². The summed E-state index contributed by atoms with van der Waals surface area (Å²) in [6, 6.07) is 6.52. The summed E-state index contributed by atoms with van der Waals surface area (Å²) in [5.74, 6) is -0.649. The van der Waals surface area contributed by atoms with Crippen molar-refractivity contribution in [1.29, 1.82) is 0 Å². The lowest BCUT2D eigenvalue weighted by atomic mass is 10.1. The Hall–Kier alpha value is -1.28. The second kappa shape index (κ2) is 18.0. The fourth-order valence-corrected chi connectivity index (χ4v) is 4.05. The number of ether oxygens (including phenoxy) is 1. The molecule has 0 spiro atoms. The predicted octanol–water partition coefficient (Wildman–Crippen LogP) is 7.27. The maximum atomic E-state index is 12.4. The molecular formula is C25H38Cl3N3O3S. The average Bonchev–Trinajstić information content (AvgIpc) is 2.81. The molecule has 0 fully saturated rings. The van der Waals surface area contributed by atoms with Crippen LogP contribution in [0, 0.1) is 0 Å². The fraction of sp³-hybridized carbons (Fsp3) is 0.640. The van der Waals surface area contributed by atoms with Crippen LogP contribution in [0.5, 0.6) is 0 Å². The Morgan fingerprint density at radius 3 is 1.89 bits per heavy atom. The molecule has 1 amide bonds.